The summed E-state index contributed by atoms with van der Waals surface area (Å²) in [5, 5.41) is 1.01. The minimum absolute atomic E-state index is 0.359. The van der Waals surface area contributed by atoms with Crippen molar-refractivity contribution in [2.75, 3.05) is 12.0 Å². The first kappa shape index (κ1) is 14.6. The minimum Gasteiger partial charge on any atom is -0.491 e. The zero-order chi connectivity index (χ0) is 14.7. The predicted octanol–water partition coefficient (Wildman–Crippen LogP) is 3.74. The Morgan fingerprint density at radius 3 is 2.70 bits per heavy atom. The van der Waals surface area contributed by atoms with Crippen LogP contribution in [0.15, 0.2) is 18.2 Å². The second kappa shape index (κ2) is 6.09. The van der Waals surface area contributed by atoms with E-state index < -0.39 is 0 Å². The number of aromatic nitrogens is 1. The van der Waals surface area contributed by atoms with Gasteiger partial charge < -0.3 is 10.2 Å². The molecule has 2 rings (SSSR count). The van der Waals surface area contributed by atoms with E-state index in [2.05, 4.69) is 26.2 Å². The van der Waals surface area contributed by atoms with Gasteiger partial charge in [-0.1, -0.05) is 32.9 Å². The van der Waals surface area contributed by atoms with Gasteiger partial charge in [0.1, 0.15) is 11.3 Å². The molecule has 1 heterocycles. The number of hydrazine groups is 1. The number of anilines is 1. The predicted molar refractivity (Wildman–Crippen MR) is 84.2 cm³/mol. The van der Waals surface area contributed by atoms with Gasteiger partial charge in [-0.3, -0.25) is 5.84 Å². The smallest absolute Gasteiger partial charge is 0.145 e. The van der Waals surface area contributed by atoms with Crippen molar-refractivity contribution in [3.05, 3.63) is 29.5 Å². The molecule has 3 N–H and O–H groups in total. The molecule has 4 nitrogen and oxygen atoms in total. The Balaban J connectivity index is 2.70. The van der Waals surface area contributed by atoms with Crippen LogP contribution in [-0.2, 0) is 0 Å². The van der Waals surface area contributed by atoms with Crippen molar-refractivity contribution in [1.29, 1.82) is 0 Å². The third-order valence-electron chi connectivity index (χ3n) is 3.39. The standard InChI is InChI=1S/C16H23N3O/c1-5-9-20-13-8-6-7-12-15(13)18-11(4)14(10(2)3)16(12)19-17/h6-8,10H,5,9,17H2,1-4H3,(H,18,19). The average molecular weight is 273 g/mol. The molecule has 0 saturated heterocycles. The van der Waals surface area contributed by atoms with Crippen LogP contribution in [0, 0.1) is 6.92 Å². The number of nitrogen functional groups attached to an aromatic ring is 1. The van der Waals surface area contributed by atoms with Crippen LogP contribution in [0.3, 0.4) is 0 Å². The van der Waals surface area contributed by atoms with Crippen molar-refractivity contribution >= 4 is 16.6 Å². The molecule has 0 saturated carbocycles. The second-order valence-electron chi connectivity index (χ2n) is 5.29. The molecule has 0 unspecified atom stereocenters. The summed E-state index contributed by atoms with van der Waals surface area (Å²) in [7, 11) is 0. The number of nitrogens with one attached hydrogen (secondary N) is 1. The Bertz CT molecular complexity index is 608. The number of nitrogens with two attached hydrogens (primary N) is 1. The lowest BCUT2D eigenvalue weighted by Crippen LogP contribution is -2.13. The zero-order valence-electron chi connectivity index (χ0n) is 12.7. The van der Waals surface area contributed by atoms with Crippen molar-refractivity contribution in [3.63, 3.8) is 0 Å². The maximum absolute atomic E-state index is 5.79. The van der Waals surface area contributed by atoms with E-state index in [-0.39, 0.29) is 0 Å². The van der Waals surface area contributed by atoms with Gasteiger partial charge >= 0.3 is 0 Å². The van der Waals surface area contributed by atoms with Gasteiger partial charge in [0.2, 0.25) is 0 Å². The fourth-order valence-electron chi connectivity index (χ4n) is 2.58. The number of nitrogens with zero attached hydrogens (tertiary/aromatic N) is 1. The van der Waals surface area contributed by atoms with E-state index in [1.807, 2.05) is 25.1 Å². The van der Waals surface area contributed by atoms with Crippen LogP contribution in [0.1, 0.15) is 44.4 Å². The van der Waals surface area contributed by atoms with Gasteiger partial charge in [0.05, 0.1) is 12.3 Å². The van der Waals surface area contributed by atoms with Gasteiger partial charge in [0.25, 0.3) is 0 Å². The summed E-state index contributed by atoms with van der Waals surface area (Å²) < 4.78 is 5.79. The summed E-state index contributed by atoms with van der Waals surface area (Å²) in [6, 6.07) is 5.97. The maximum atomic E-state index is 5.79. The molecule has 1 aromatic heterocycles. The molecule has 1 aromatic carbocycles. The first-order chi connectivity index (χ1) is 9.60. The number of hydrogen-bond donors (Lipinski definition) is 2. The third kappa shape index (κ3) is 2.56. The summed E-state index contributed by atoms with van der Waals surface area (Å²) in [5.41, 5.74) is 6.82. The second-order valence-corrected chi connectivity index (χ2v) is 5.29. The van der Waals surface area contributed by atoms with E-state index in [9.17, 15) is 0 Å². The quantitative estimate of drug-likeness (QED) is 0.643. The van der Waals surface area contributed by atoms with Crippen molar-refractivity contribution < 1.29 is 4.74 Å². The number of hydrogen-bond acceptors (Lipinski definition) is 4. The molecule has 0 bridgehead atoms. The highest BCUT2D eigenvalue weighted by atomic mass is 16.5. The largest absolute Gasteiger partial charge is 0.491 e. The lowest BCUT2D eigenvalue weighted by Gasteiger charge is -2.18. The van der Waals surface area contributed by atoms with Gasteiger partial charge in [-0.2, -0.15) is 0 Å². The number of rotatable bonds is 5. The van der Waals surface area contributed by atoms with Crippen molar-refractivity contribution in [3.8, 4) is 5.75 Å². The average Bonchev–Trinajstić information content (AvgIpc) is 2.43. The van der Waals surface area contributed by atoms with Crippen LogP contribution < -0.4 is 16.0 Å². The molecule has 0 amide bonds. The molecule has 4 heteroatoms. The van der Waals surface area contributed by atoms with Crippen molar-refractivity contribution in [2.24, 2.45) is 5.84 Å². The summed E-state index contributed by atoms with van der Waals surface area (Å²) >= 11 is 0. The molecule has 0 atom stereocenters. The van der Waals surface area contributed by atoms with Crippen LogP contribution in [0.4, 0.5) is 5.69 Å². The zero-order valence-corrected chi connectivity index (χ0v) is 12.7. The van der Waals surface area contributed by atoms with E-state index in [4.69, 9.17) is 15.6 Å². The fraction of sp³-hybridized carbons (Fsp3) is 0.438. The molecule has 2 aromatic rings. The Morgan fingerprint density at radius 1 is 1.35 bits per heavy atom. The lowest BCUT2D eigenvalue weighted by atomic mass is 9.97. The highest BCUT2D eigenvalue weighted by molar-refractivity contribution is 5.96. The summed E-state index contributed by atoms with van der Waals surface area (Å²) in [5.74, 6) is 6.93. The van der Waals surface area contributed by atoms with Gasteiger partial charge in [0.15, 0.2) is 0 Å². The minimum atomic E-state index is 0.359. The van der Waals surface area contributed by atoms with Gasteiger partial charge in [-0.05, 0) is 25.3 Å². The highest BCUT2D eigenvalue weighted by Crippen LogP contribution is 2.36. The van der Waals surface area contributed by atoms with Crippen LogP contribution in [-0.4, -0.2) is 11.6 Å². The van der Waals surface area contributed by atoms with E-state index in [0.29, 0.717) is 12.5 Å². The molecule has 0 aliphatic rings. The normalized spacial score (nSPS) is 11.1. The number of ether oxygens (including phenoxy) is 1. The number of aryl methyl sites for hydroxylation is 1. The summed E-state index contributed by atoms with van der Waals surface area (Å²) in [6.45, 7) is 9.10. The number of benzene rings is 1. The first-order valence-corrected chi connectivity index (χ1v) is 7.12. The van der Waals surface area contributed by atoms with Crippen LogP contribution in [0.25, 0.3) is 10.9 Å². The number of fused-ring (bicyclic) bond motifs is 1. The highest BCUT2D eigenvalue weighted by Gasteiger charge is 2.16. The van der Waals surface area contributed by atoms with Crippen LogP contribution in [0.5, 0.6) is 5.75 Å². The first-order valence-electron chi connectivity index (χ1n) is 7.12. The SMILES string of the molecule is CCCOc1cccc2c(NN)c(C(C)C)c(C)nc12. The van der Waals surface area contributed by atoms with E-state index in [1.165, 1.54) is 0 Å². The Morgan fingerprint density at radius 2 is 2.10 bits per heavy atom. The molecule has 20 heavy (non-hydrogen) atoms. The molecule has 0 spiro atoms. The molecular formula is C16H23N3O. The topological polar surface area (TPSA) is 60.2 Å². The fourth-order valence-corrected chi connectivity index (χ4v) is 2.58. The Hall–Kier alpha value is -1.81. The summed E-state index contributed by atoms with van der Waals surface area (Å²) in [6.07, 6.45) is 0.974. The van der Waals surface area contributed by atoms with Gasteiger partial charge in [-0.25, -0.2) is 4.98 Å². The lowest BCUT2D eigenvalue weighted by molar-refractivity contribution is 0.320. The van der Waals surface area contributed by atoms with E-state index in [1.54, 1.807) is 0 Å². The molecule has 0 aliphatic carbocycles. The summed E-state index contributed by atoms with van der Waals surface area (Å²) in [4.78, 5) is 4.74. The van der Waals surface area contributed by atoms with Gasteiger partial charge in [0, 0.05) is 16.6 Å². The number of pyridine rings is 1. The molecule has 108 valence electrons. The Labute approximate surface area is 120 Å². The molecule has 0 aliphatic heterocycles. The van der Waals surface area contributed by atoms with Crippen molar-refractivity contribution in [1.82, 2.24) is 4.98 Å². The van der Waals surface area contributed by atoms with Crippen molar-refractivity contribution in [2.45, 2.75) is 40.0 Å². The Kier molecular flexibility index (Phi) is 4.45. The molecule has 0 radical (unpaired) electrons. The molecular weight excluding hydrogens is 250 g/mol. The maximum Gasteiger partial charge on any atom is 0.145 e. The number of para-hydroxylation sites is 1. The van der Waals surface area contributed by atoms with Gasteiger partial charge in [-0.15, -0.1) is 0 Å². The monoisotopic (exact) mass is 273 g/mol. The van der Waals surface area contributed by atoms with Crippen LogP contribution >= 0.6 is 0 Å². The molecule has 0 fully saturated rings. The van der Waals surface area contributed by atoms with E-state index >= 15 is 0 Å². The van der Waals surface area contributed by atoms with E-state index in [0.717, 1.165) is 40.0 Å². The van der Waals surface area contributed by atoms with Crippen LogP contribution in [0.2, 0.25) is 0 Å². The third-order valence-corrected chi connectivity index (χ3v) is 3.39.